The number of hydrogen-bond donors (Lipinski definition) is 0. The first kappa shape index (κ1) is 25.6. The maximum atomic E-state index is 4.51. The molecule has 29 heavy (non-hydrogen) atoms. The highest BCUT2D eigenvalue weighted by Gasteiger charge is 2.19. The first-order valence-electron chi connectivity index (χ1n) is 12.0. The second-order valence-corrected chi connectivity index (χ2v) is 8.37. The Labute approximate surface area is 180 Å². The molecule has 1 aromatic heterocycles. The van der Waals surface area contributed by atoms with Gasteiger partial charge in [-0.05, 0) is 50.7 Å². The molecule has 0 aliphatic rings. The van der Waals surface area contributed by atoms with Crippen molar-refractivity contribution in [1.82, 2.24) is 19.9 Å². The Morgan fingerprint density at radius 3 is 1.86 bits per heavy atom. The van der Waals surface area contributed by atoms with Crippen LogP contribution in [-0.2, 0) is 6.67 Å². The smallest absolute Gasteiger partial charge is 0.112 e. The minimum Gasteiger partial charge on any atom is -0.284 e. The van der Waals surface area contributed by atoms with Crippen molar-refractivity contribution in [2.75, 3.05) is 13.1 Å². The molecule has 1 heterocycles. The first-order valence-corrected chi connectivity index (χ1v) is 12.0. The molecule has 0 radical (unpaired) electrons. The topological polar surface area (TPSA) is 34.0 Å². The average Bonchev–Trinajstić information content (AvgIpc) is 3.09. The zero-order valence-corrected chi connectivity index (χ0v) is 20.0. The highest BCUT2D eigenvalue weighted by atomic mass is 15.5. The van der Waals surface area contributed by atoms with Crippen molar-refractivity contribution in [1.29, 1.82) is 0 Å². The number of allylic oxidation sites excluding steroid dienone is 2. The fourth-order valence-electron chi connectivity index (χ4n) is 3.99. The van der Waals surface area contributed by atoms with E-state index < -0.39 is 0 Å². The standard InChI is InChI=1S/C25H46N4/c1-7-13-17-22(11-5)19-28(20-23(12-6)18-14-8-2)21-29-25(16-10-4)24(15-9-3)26-27-29/h9-10,15-16,22-23H,7-8,11-14,17-21H2,1-6H3/b15-9-,16-10-. The fraction of sp³-hybridized carbons (Fsp3) is 0.760. The summed E-state index contributed by atoms with van der Waals surface area (Å²) in [5.41, 5.74) is 2.07. The van der Waals surface area contributed by atoms with Gasteiger partial charge in [-0.15, -0.1) is 5.10 Å². The molecular weight excluding hydrogens is 356 g/mol. The summed E-state index contributed by atoms with van der Waals surface area (Å²) in [6.07, 6.45) is 18.7. The molecule has 1 aromatic rings. The Kier molecular flexibility index (Phi) is 13.6. The molecule has 0 N–H and O–H groups in total. The molecule has 4 heteroatoms. The summed E-state index contributed by atoms with van der Waals surface area (Å²) in [6.45, 7) is 16.5. The summed E-state index contributed by atoms with van der Waals surface area (Å²) < 4.78 is 2.09. The van der Waals surface area contributed by atoms with Gasteiger partial charge >= 0.3 is 0 Å². The van der Waals surface area contributed by atoms with Crippen molar-refractivity contribution in [3.05, 3.63) is 23.5 Å². The van der Waals surface area contributed by atoms with Crippen molar-refractivity contribution in [3.63, 3.8) is 0 Å². The predicted molar refractivity (Wildman–Crippen MR) is 128 cm³/mol. The van der Waals surface area contributed by atoms with Crippen molar-refractivity contribution < 1.29 is 0 Å². The normalized spacial score (nSPS) is 14.4. The Balaban J connectivity index is 3.03. The zero-order chi connectivity index (χ0) is 21.5. The van der Waals surface area contributed by atoms with Crippen LogP contribution >= 0.6 is 0 Å². The summed E-state index contributed by atoms with van der Waals surface area (Å²) in [5.74, 6) is 1.53. The summed E-state index contributed by atoms with van der Waals surface area (Å²) in [4.78, 5) is 2.65. The average molecular weight is 403 g/mol. The highest BCUT2D eigenvalue weighted by Crippen LogP contribution is 2.20. The number of unbranched alkanes of at least 4 members (excludes halogenated alkanes) is 2. The van der Waals surface area contributed by atoms with Gasteiger partial charge in [0.25, 0.3) is 0 Å². The van der Waals surface area contributed by atoms with Crippen LogP contribution in [0.25, 0.3) is 12.2 Å². The molecule has 0 fully saturated rings. The Bertz CT molecular complexity index is 570. The van der Waals surface area contributed by atoms with Gasteiger partial charge in [-0.3, -0.25) is 4.90 Å². The SMILES string of the molecule is C/C=C\c1nnn(CN(CC(CC)CCCC)CC(CC)CCCC)c1/C=C\C. The molecule has 0 saturated heterocycles. The molecule has 0 aliphatic heterocycles. The summed E-state index contributed by atoms with van der Waals surface area (Å²) in [6, 6.07) is 0. The lowest BCUT2D eigenvalue weighted by Gasteiger charge is -2.30. The lowest BCUT2D eigenvalue weighted by atomic mass is 9.96. The van der Waals surface area contributed by atoms with Gasteiger partial charge < -0.3 is 0 Å². The number of nitrogens with zero attached hydrogens (tertiary/aromatic N) is 4. The van der Waals surface area contributed by atoms with E-state index in [1.165, 1.54) is 51.4 Å². The van der Waals surface area contributed by atoms with Gasteiger partial charge in [0.05, 0.1) is 12.4 Å². The minimum atomic E-state index is 0.766. The van der Waals surface area contributed by atoms with Crippen molar-refractivity contribution in [2.45, 2.75) is 99.6 Å². The molecule has 0 bridgehead atoms. The molecule has 2 atom stereocenters. The van der Waals surface area contributed by atoms with Crippen LogP contribution in [0.15, 0.2) is 12.2 Å². The zero-order valence-electron chi connectivity index (χ0n) is 20.0. The van der Waals surface area contributed by atoms with Gasteiger partial charge in [0.2, 0.25) is 0 Å². The molecule has 0 spiro atoms. The van der Waals surface area contributed by atoms with Gasteiger partial charge in [0, 0.05) is 13.1 Å². The van der Waals surface area contributed by atoms with Crippen LogP contribution in [0, 0.1) is 11.8 Å². The van der Waals surface area contributed by atoms with Crippen molar-refractivity contribution >= 4 is 12.2 Å². The predicted octanol–water partition coefficient (Wildman–Crippen LogP) is 7.04. The summed E-state index contributed by atoms with van der Waals surface area (Å²) in [5, 5.41) is 8.93. The fourth-order valence-corrected chi connectivity index (χ4v) is 3.99. The van der Waals surface area contributed by atoms with Crippen LogP contribution in [0.4, 0.5) is 0 Å². The highest BCUT2D eigenvalue weighted by molar-refractivity contribution is 5.58. The third-order valence-electron chi connectivity index (χ3n) is 5.90. The lowest BCUT2D eigenvalue weighted by Crippen LogP contribution is -2.36. The van der Waals surface area contributed by atoms with Crippen LogP contribution in [-0.4, -0.2) is 33.0 Å². The number of aromatic nitrogens is 3. The van der Waals surface area contributed by atoms with E-state index in [0.29, 0.717) is 0 Å². The summed E-state index contributed by atoms with van der Waals surface area (Å²) in [7, 11) is 0. The van der Waals surface area contributed by atoms with Crippen LogP contribution in [0.5, 0.6) is 0 Å². The van der Waals surface area contributed by atoms with Crippen LogP contribution < -0.4 is 0 Å². The second-order valence-electron chi connectivity index (χ2n) is 8.37. The van der Waals surface area contributed by atoms with E-state index in [0.717, 1.165) is 43.0 Å². The maximum absolute atomic E-state index is 4.51. The van der Waals surface area contributed by atoms with E-state index >= 15 is 0 Å². The van der Waals surface area contributed by atoms with Gasteiger partial charge in [0.15, 0.2) is 0 Å². The molecule has 2 unspecified atom stereocenters. The summed E-state index contributed by atoms with van der Waals surface area (Å²) >= 11 is 0. The quantitative estimate of drug-likeness (QED) is 0.297. The molecule has 1 rings (SSSR count). The number of rotatable bonds is 16. The van der Waals surface area contributed by atoms with E-state index in [1.807, 2.05) is 13.0 Å². The monoisotopic (exact) mass is 402 g/mol. The Hall–Kier alpha value is -1.42. The van der Waals surface area contributed by atoms with Crippen LogP contribution in [0.3, 0.4) is 0 Å². The van der Waals surface area contributed by atoms with Crippen LogP contribution in [0.1, 0.15) is 104 Å². The molecule has 0 aromatic carbocycles. The van der Waals surface area contributed by atoms with Gasteiger partial charge in [-0.25, -0.2) is 4.68 Å². The van der Waals surface area contributed by atoms with E-state index in [-0.39, 0.29) is 0 Å². The Morgan fingerprint density at radius 1 is 0.862 bits per heavy atom. The molecule has 0 amide bonds. The third-order valence-corrected chi connectivity index (χ3v) is 5.90. The lowest BCUT2D eigenvalue weighted by molar-refractivity contribution is 0.137. The van der Waals surface area contributed by atoms with Crippen molar-refractivity contribution in [3.8, 4) is 0 Å². The van der Waals surface area contributed by atoms with Gasteiger partial charge in [0.1, 0.15) is 5.69 Å². The maximum Gasteiger partial charge on any atom is 0.112 e. The molecular formula is C25H46N4. The largest absolute Gasteiger partial charge is 0.284 e. The van der Waals surface area contributed by atoms with Gasteiger partial charge in [-0.2, -0.15) is 0 Å². The van der Waals surface area contributed by atoms with E-state index in [9.17, 15) is 0 Å². The second kappa shape index (κ2) is 15.4. The van der Waals surface area contributed by atoms with E-state index in [4.69, 9.17) is 0 Å². The van der Waals surface area contributed by atoms with E-state index in [2.05, 4.69) is 72.7 Å². The van der Waals surface area contributed by atoms with Gasteiger partial charge in [-0.1, -0.05) is 83.6 Å². The molecule has 166 valence electrons. The third kappa shape index (κ3) is 9.29. The molecule has 0 saturated carbocycles. The Morgan fingerprint density at radius 2 is 1.41 bits per heavy atom. The minimum absolute atomic E-state index is 0.766. The number of hydrogen-bond acceptors (Lipinski definition) is 3. The molecule has 0 aliphatic carbocycles. The first-order chi connectivity index (χ1) is 14.1. The van der Waals surface area contributed by atoms with Crippen LogP contribution in [0.2, 0.25) is 0 Å². The van der Waals surface area contributed by atoms with Crippen molar-refractivity contribution in [2.24, 2.45) is 11.8 Å². The van der Waals surface area contributed by atoms with E-state index in [1.54, 1.807) is 0 Å². The molecule has 4 nitrogen and oxygen atoms in total.